The summed E-state index contributed by atoms with van der Waals surface area (Å²) in [5, 5.41) is 0.0748. The van der Waals surface area contributed by atoms with Gasteiger partial charge in [-0.15, -0.1) is 0 Å². The third-order valence-corrected chi connectivity index (χ3v) is 2.22. The van der Waals surface area contributed by atoms with E-state index < -0.39 is 17.5 Å². The highest BCUT2D eigenvalue weighted by Gasteiger charge is 2.18. The van der Waals surface area contributed by atoms with Gasteiger partial charge in [-0.25, -0.2) is 13.2 Å². The summed E-state index contributed by atoms with van der Waals surface area (Å²) < 4.78 is 43.6. The van der Waals surface area contributed by atoms with Gasteiger partial charge < -0.3 is 4.74 Å². The summed E-state index contributed by atoms with van der Waals surface area (Å²) in [6, 6.07) is 0.846. The first kappa shape index (κ1) is 11.4. The summed E-state index contributed by atoms with van der Waals surface area (Å²) in [4.78, 5) is 0. The van der Waals surface area contributed by atoms with Crippen molar-refractivity contribution in [1.29, 1.82) is 0 Å². The minimum atomic E-state index is -1.47. The summed E-state index contributed by atoms with van der Waals surface area (Å²) in [5.74, 6) is -3.88. The van der Waals surface area contributed by atoms with Crippen LogP contribution in [0.3, 0.4) is 0 Å². The van der Waals surface area contributed by atoms with E-state index in [1.807, 2.05) is 0 Å². The normalized spacial score (nSPS) is 10.4. The zero-order valence-electron chi connectivity index (χ0n) is 7.41. The van der Waals surface area contributed by atoms with Crippen molar-refractivity contribution < 1.29 is 17.9 Å². The van der Waals surface area contributed by atoms with Crippen LogP contribution in [0.5, 0.6) is 5.75 Å². The SMILES string of the molecule is CCOc1cc(F)c(F)c(F)c1CBr. The minimum absolute atomic E-state index is 0.00856. The van der Waals surface area contributed by atoms with E-state index in [0.717, 1.165) is 6.07 Å². The fourth-order valence-corrected chi connectivity index (χ4v) is 1.54. The van der Waals surface area contributed by atoms with Gasteiger partial charge in [0.15, 0.2) is 17.5 Å². The van der Waals surface area contributed by atoms with Crippen LogP contribution < -0.4 is 4.74 Å². The Morgan fingerprint density at radius 3 is 2.43 bits per heavy atom. The average molecular weight is 269 g/mol. The summed E-state index contributed by atoms with van der Waals surface area (Å²) in [7, 11) is 0. The highest BCUT2D eigenvalue weighted by atomic mass is 79.9. The Kier molecular flexibility index (Phi) is 3.80. The molecule has 0 aliphatic heterocycles. The van der Waals surface area contributed by atoms with Crippen LogP contribution in [0.1, 0.15) is 12.5 Å². The van der Waals surface area contributed by atoms with Gasteiger partial charge in [0.25, 0.3) is 0 Å². The maximum atomic E-state index is 13.1. The van der Waals surface area contributed by atoms with E-state index >= 15 is 0 Å². The number of alkyl halides is 1. The fourth-order valence-electron chi connectivity index (χ4n) is 1.02. The standard InChI is InChI=1S/C9H8BrF3O/c1-2-14-7-3-6(11)9(13)8(12)5(7)4-10/h3H,2,4H2,1H3. The molecule has 0 unspecified atom stereocenters. The molecular formula is C9H8BrF3O. The molecule has 0 saturated carbocycles. The van der Waals surface area contributed by atoms with Gasteiger partial charge in [0, 0.05) is 17.0 Å². The predicted molar refractivity (Wildman–Crippen MR) is 50.1 cm³/mol. The summed E-state index contributed by atoms with van der Waals surface area (Å²) >= 11 is 2.98. The zero-order chi connectivity index (χ0) is 10.7. The highest BCUT2D eigenvalue weighted by molar-refractivity contribution is 9.08. The number of hydrogen-bond acceptors (Lipinski definition) is 1. The molecule has 0 spiro atoms. The molecule has 1 aromatic carbocycles. The molecule has 14 heavy (non-hydrogen) atoms. The largest absolute Gasteiger partial charge is 0.493 e. The molecule has 1 aromatic rings. The molecule has 0 bridgehead atoms. The Hall–Kier alpha value is -0.710. The van der Waals surface area contributed by atoms with Crippen molar-refractivity contribution >= 4 is 15.9 Å². The molecule has 78 valence electrons. The van der Waals surface area contributed by atoms with Crippen molar-refractivity contribution in [2.24, 2.45) is 0 Å². The maximum Gasteiger partial charge on any atom is 0.194 e. The predicted octanol–water partition coefficient (Wildman–Crippen LogP) is 3.40. The van der Waals surface area contributed by atoms with E-state index in [2.05, 4.69) is 15.9 Å². The van der Waals surface area contributed by atoms with Gasteiger partial charge in [0.1, 0.15) is 5.75 Å². The van der Waals surface area contributed by atoms with Crippen LogP contribution in [0.15, 0.2) is 6.07 Å². The van der Waals surface area contributed by atoms with Gasteiger partial charge in [-0.3, -0.25) is 0 Å². The maximum absolute atomic E-state index is 13.1. The van der Waals surface area contributed by atoms with E-state index in [1.54, 1.807) is 6.92 Å². The molecule has 0 aliphatic rings. The first-order valence-electron chi connectivity index (χ1n) is 3.97. The van der Waals surface area contributed by atoms with Crippen molar-refractivity contribution in [1.82, 2.24) is 0 Å². The van der Waals surface area contributed by atoms with E-state index in [0.29, 0.717) is 0 Å². The lowest BCUT2D eigenvalue weighted by Crippen LogP contribution is -2.02. The smallest absolute Gasteiger partial charge is 0.194 e. The topological polar surface area (TPSA) is 9.23 Å². The lowest BCUT2D eigenvalue weighted by molar-refractivity contribution is 0.327. The Bertz CT molecular complexity index is 341. The van der Waals surface area contributed by atoms with Gasteiger partial charge in [0.2, 0.25) is 0 Å². The van der Waals surface area contributed by atoms with E-state index in [9.17, 15) is 13.2 Å². The third kappa shape index (κ3) is 2.03. The summed E-state index contributed by atoms with van der Waals surface area (Å²) in [6.07, 6.45) is 0. The van der Waals surface area contributed by atoms with Crippen molar-refractivity contribution in [3.8, 4) is 5.75 Å². The second kappa shape index (κ2) is 4.68. The van der Waals surface area contributed by atoms with Crippen LogP contribution in [0.2, 0.25) is 0 Å². The van der Waals surface area contributed by atoms with E-state index in [4.69, 9.17) is 4.74 Å². The van der Waals surface area contributed by atoms with Gasteiger partial charge in [-0.05, 0) is 6.92 Å². The average Bonchev–Trinajstić information content (AvgIpc) is 2.16. The van der Waals surface area contributed by atoms with Gasteiger partial charge >= 0.3 is 0 Å². The summed E-state index contributed by atoms with van der Waals surface area (Å²) in [5.41, 5.74) is -0.00856. The lowest BCUT2D eigenvalue weighted by atomic mass is 10.2. The molecule has 0 fully saturated rings. The number of ether oxygens (including phenoxy) is 1. The van der Waals surface area contributed by atoms with Crippen LogP contribution >= 0.6 is 15.9 Å². The number of hydrogen-bond donors (Lipinski definition) is 0. The summed E-state index contributed by atoms with van der Waals surface area (Å²) in [6.45, 7) is 1.95. The Balaban J connectivity index is 3.28. The van der Waals surface area contributed by atoms with Crippen LogP contribution in [0.4, 0.5) is 13.2 Å². The molecule has 0 amide bonds. The third-order valence-electron chi connectivity index (χ3n) is 1.66. The van der Waals surface area contributed by atoms with Gasteiger partial charge in [-0.2, -0.15) is 0 Å². The van der Waals surface area contributed by atoms with Crippen molar-refractivity contribution in [3.63, 3.8) is 0 Å². The molecule has 1 rings (SSSR count). The van der Waals surface area contributed by atoms with Crippen LogP contribution in [0.25, 0.3) is 0 Å². The van der Waals surface area contributed by atoms with E-state index in [1.165, 1.54) is 0 Å². The first-order valence-corrected chi connectivity index (χ1v) is 5.09. The Morgan fingerprint density at radius 1 is 1.29 bits per heavy atom. The van der Waals surface area contributed by atoms with E-state index in [-0.39, 0.29) is 23.2 Å². The lowest BCUT2D eigenvalue weighted by Gasteiger charge is -2.09. The molecule has 0 radical (unpaired) electrons. The molecule has 5 heteroatoms. The number of halogens is 4. The van der Waals surface area contributed by atoms with Gasteiger partial charge in [0.05, 0.1) is 6.61 Å². The monoisotopic (exact) mass is 268 g/mol. The second-order valence-corrected chi connectivity index (χ2v) is 3.09. The number of benzene rings is 1. The first-order chi connectivity index (χ1) is 6.61. The fraction of sp³-hybridized carbons (Fsp3) is 0.333. The molecule has 0 aromatic heterocycles. The van der Waals surface area contributed by atoms with Crippen molar-refractivity contribution in [2.75, 3.05) is 6.61 Å². The van der Waals surface area contributed by atoms with Crippen LogP contribution in [-0.2, 0) is 5.33 Å². The number of rotatable bonds is 3. The Labute approximate surface area is 88.0 Å². The molecule has 0 heterocycles. The van der Waals surface area contributed by atoms with Crippen molar-refractivity contribution in [2.45, 2.75) is 12.3 Å². The van der Waals surface area contributed by atoms with Crippen LogP contribution in [0, 0.1) is 17.5 Å². The second-order valence-electron chi connectivity index (χ2n) is 2.53. The molecule has 0 aliphatic carbocycles. The molecular weight excluding hydrogens is 261 g/mol. The highest BCUT2D eigenvalue weighted by Crippen LogP contribution is 2.28. The zero-order valence-corrected chi connectivity index (χ0v) is 9.00. The molecule has 0 N–H and O–H groups in total. The van der Waals surface area contributed by atoms with Gasteiger partial charge in [-0.1, -0.05) is 15.9 Å². The van der Waals surface area contributed by atoms with Crippen LogP contribution in [-0.4, -0.2) is 6.61 Å². The molecule has 0 saturated heterocycles. The van der Waals surface area contributed by atoms with Crippen molar-refractivity contribution in [3.05, 3.63) is 29.1 Å². The Morgan fingerprint density at radius 2 is 1.93 bits per heavy atom. The molecule has 0 atom stereocenters. The quantitative estimate of drug-likeness (QED) is 0.603. The minimum Gasteiger partial charge on any atom is -0.493 e. The molecule has 1 nitrogen and oxygen atoms in total.